The SMILES string of the molecule is CC(C)[C@H]1C(=O)N(S(C)(=O)=O)C2=CCN(C(=O)c3ccoc3CN3CCCC3)[C@@H]21. The van der Waals surface area contributed by atoms with Crippen molar-refractivity contribution in [2.24, 2.45) is 11.8 Å². The molecule has 9 heteroatoms. The Bertz CT molecular complexity index is 959. The van der Waals surface area contributed by atoms with Gasteiger partial charge in [-0.05, 0) is 44.0 Å². The summed E-state index contributed by atoms with van der Waals surface area (Å²) in [6.07, 6.45) is 6.52. The normalized spacial score (nSPS) is 25.2. The fraction of sp³-hybridized carbons (Fsp3) is 0.600. The van der Waals surface area contributed by atoms with Crippen LogP contribution in [0, 0.1) is 11.8 Å². The van der Waals surface area contributed by atoms with Crippen LogP contribution in [0.2, 0.25) is 0 Å². The molecule has 3 aliphatic heterocycles. The highest BCUT2D eigenvalue weighted by molar-refractivity contribution is 7.89. The summed E-state index contributed by atoms with van der Waals surface area (Å²) >= 11 is 0. The van der Waals surface area contributed by atoms with Crippen LogP contribution in [0.25, 0.3) is 0 Å². The van der Waals surface area contributed by atoms with Crippen molar-refractivity contribution < 1.29 is 22.4 Å². The minimum absolute atomic E-state index is 0.107. The molecule has 0 aromatic carbocycles. The molecule has 0 bridgehead atoms. The first kappa shape index (κ1) is 20.2. The molecule has 2 saturated heterocycles. The van der Waals surface area contributed by atoms with E-state index in [1.165, 1.54) is 6.26 Å². The minimum atomic E-state index is -3.75. The predicted molar refractivity (Wildman–Crippen MR) is 106 cm³/mol. The van der Waals surface area contributed by atoms with E-state index in [0.29, 0.717) is 23.6 Å². The Morgan fingerprint density at radius 2 is 1.97 bits per heavy atom. The van der Waals surface area contributed by atoms with Crippen molar-refractivity contribution in [3.8, 4) is 0 Å². The van der Waals surface area contributed by atoms with E-state index in [-0.39, 0.29) is 18.4 Å². The summed E-state index contributed by atoms with van der Waals surface area (Å²) in [5, 5.41) is 0. The van der Waals surface area contributed by atoms with Gasteiger partial charge in [0.1, 0.15) is 5.76 Å². The first-order chi connectivity index (χ1) is 13.7. The van der Waals surface area contributed by atoms with Gasteiger partial charge in [0, 0.05) is 6.54 Å². The van der Waals surface area contributed by atoms with Crippen molar-refractivity contribution in [3.63, 3.8) is 0 Å². The molecular formula is C20H27N3O5S. The number of nitrogens with zero attached hydrogens (tertiary/aromatic N) is 3. The molecule has 29 heavy (non-hydrogen) atoms. The Labute approximate surface area is 171 Å². The number of hydrogen-bond acceptors (Lipinski definition) is 6. The van der Waals surface area contributed by atoms with Crippen LogP contribution < -0.4 is 0 Å². The molecule has 0 spiro atoms. The summed E-state index contributed by atoms with van der Waals surface area (Å²) in [5.41, 5.74) is 0.883. The molecular weight excluding hydrogens is 394 g/mol. The van der Waals surface area contributed by atoms with Gasteiger partial charge in [0.15, 0.2) is 0 Å². The van der Waals surface area contributed by atoms with Gasteiger partial charge in [-0.15, -0.1) is 0 Å². The summed E-state index contributed by atoms with van der Waals surface area (Å²) in [5.74, 6) is -0.754. The molecule has 0 unspecified atom stereocenters. The molecule has 0 N–H and O–H groups in total. The molecule has 0 saturated carbocycles. The summed E-state index contributed by atoms with van der Waals surface area (Å²) in [6.45, 7) is 6.58. The third-order valence-corrected chi connectivity index (χ3v) is 7.10. The molecule has 2 atom stereocenters. The molecule has 4 rings (SSSR count). The topological polar surface area (TPSA) is 91.1 Å². The van der Waals surface area contributed by atoms with Crippen LogP contribution in [0.15, 0.2) is 28.5 Å². The zero-order valence-electron chi connectivity index (χ0n) is 17.0. The second-order valence-electron chi connectivity index (χ2n) is 8.41. The molecule has 0 radical (unpaired) electrons. The summed E-state index contributed by atoms with van der Waals surface area (Å²) in [6, 6.07) is 1.10. The molecule has 158 valence electrons. The van der Waals surface area contributed by atoms with E-state index in [1.807, 2.05) is 13.8 Å². The molecule has 8 nitrogen and oxygen atoms in total. The maximum atomic E-state index is 13.4. The minimum Gasteiger partial charge on any atom is -0.467 e. The van der Waals surface area contributed by atoms with Crippen molar-refractivity contribution in [3.05, 3.63) is 35.4 Å². The van der Waals surface area contributed by atoms with Crippen molar-refractivity contribution >= 4 is 21.8 Å². The lowest BCUT2D eigenvalue weighted by Gasteiger charge is -2.29. The highest BCUT2D eigenvalue weighted by Gasteiger charge is 2.55. The highest BCUT2D eigenvalue weighted by atomic mass is 32.2. The Kier molecular flexibility index (Phi) is 5.06. The fourth-order valence-electron chi connectivity index (χ4n) is 4.73. The van der Waals surface area contributed by atoms with Gasteiger partial charge in [-0.25, -0.2) is 12.7 Å². The van der Waals surface area contributed by atoms with Gasteiger partial charge in [-0.3, -0.25) is 14.5 Å². The zero-order chi connectivity index (χ0) is 20.9. The van der Waals surface area contributed by atoms with Gasteiger partial charge in [-0.2, -0.15) is 0 Å². The lowest BCUT2D eigenvalue weighted by Crippen LogP contribution is -2.43. The fourth-order valence-corrected chi connectivity index (χ4v) is 5.74. The largest absolute Gasteiger partial charge is 0.467 e. The molecule has 2 amide bonds. The maximum Gasteiger partial charge on any atom is 0.258 e. The smallest absolute Gasteiger partial charge is 0.258 e. The van der Waals surface area contributed by atoms with Gasteiger partial charge in [0.05, 0.1) is 42.3 Å². The van der Waals surface area contributed by atoms with E-state index in [2.05, 4.69) is 4.90 Å². The van der Waals surface area contributed by atoms with E-state index >= 15 is 0 Å². The van der Waals surface area contributed by atoms with Gasteiger partial charge in [0.2, 0.25) is 15.9 Å². The quantitative estimate of drug-likeness (QED) is 0.718. The number of amides is 2. The average molecular weight is 422 g/mol. The van der Waals surface area contributed by atoms with Gasteiger partial charge in [-0.1, -0.05) is 13.8 Å². The van der Waals surface area contributed by atoms with Crippen LogP contribution >= 0.6 is 0 Å². The Balaban J connectivity index is 1.63. The summed E-state index contributed by atoms with van der Waals surface area (Å²) < 4.78 is 31.0. The predicted octanol–water partition coefficient (Wildman–Crippen LogP) is 1.66. The Hall–Kier alpha value is -2.13. The number of furan rings is 1. The maximum absolute atomic E-state index is 13.4. The third kappa shape index (κ3) is 3.40. The molecule has 4 heterocycles. The number of fused-ring (bicyclic) bond motifs is 1. The van der Waals surface area contributed by atoms with E-state index in [0.717, 1.165) is 36.5 Å². The van der Waals surface area contributed by atoms with Crippen molar-refractivity contribution in [1.29, 1.82) is 0 Å². The first-order valence-electron chi connectivity index (χ1n) is 10.0. The monoisotopic (exact) mass is 421 g/mol. The average Bonchev–Trinajstić information content (AvgIpc) is 3.37. The lowest BCUT2D eigenvalue weighted by molar-refractivity contribution is -0.128. The summed E-state index contributed by atoms with van der Waals surface area (Å²) in [4.78, 5) is 30.2. The van der Waals surface area contributed by atoms with Crippen molar-refractivity contribution in [2.75, 3.05) is 25.9 Å². The van der Waals surface area contributed by atoms with E-state index in [4.69, 9.17) is 4.42 Å². The van der Waals surface area contributed by atoms with Crippen LogP contribution in [-0.2, 0) is 21.4 Å². The van der Waals surface area contributed by atoms with E-state index in [1.54, 1.807) is 17.0 Å². The van der Waals surface area contributed by atoms with Crippen LogP contribution in [0.1, 0.15) is 42.8 Å². The van der Waals surface area contributed by atoms with E-state index in [9.17, 15) is 18.0 Å². The van der Waals surface area contributed by atoms with Crippen molar-refractivity contribution in [2.45, 2.75) is 39.3 Å². The number of carbonyl (C=O) groups excluding carboxylic acids is 2. The molecule has 1 aromatic rings. The van der Waals surface area contributed by atoms with Crippen LogP contribution in [-0.4, -0.2) is 66.3 Å². The number of hydrogen-bond donors (Lipinski definition) is 0. The number of likely N-dealkylation sites (tertiary alicyclic amines) is 1. The van der Waals surface area contributed by atoms with Crippen LogP contribution in [0.4, 0.5) is 0 Å². The standard InChI is InChI=1S/C20H27N3O5S/c1-13(2)17-18-15(23(20(17)25)29(3,26)27)6-10-22(18)19(24)14-7-11-28-16(14)12-21-8-4-5-9-21/h6-7,11,13,17-18H,4-5,8-10,12H2,1-3H3/t17-,18+/m1/s1. The number of carbonyl (C=O) groups is 2. The van der Waals surface area contributed by atoms with Crippen LogP contribution in [0.3, 0.4) is 0 Å². The van der Waals surface area contributed by atoms with Crippen LogP contribution in [0.5, 0.6) is 0 Å². The van der Waals surface area contributed by atoms with E-state index < -0.39 is 27.9 Å². The van der Waals surface area contributed by atoms with Gasteiger partial charge in [0.25, 0.3) is 5.91 Å². The Morgan fingerprint density at radius 3 is 2.59 bits per heavy atom. The summed E-state index contributed by atoms with van der Waals surface area (Å²) in [7, 11) is -3.75. The second-order valence-corrected chi connectivity index (χ2v) is 10.2. The second kappa shape index (κ2) is 7.28. The lowest BCUT2D eigenvalue weighted by atomic mass is 9.89. The Morgan fingerprint density at radius 1 is 1.28 bits per heavy atom. The third-order valence-electron chi connectivity index (χ3n) is 6.05. The highest BCUT2D eigenvalue weighted by Crippen LogP contribution is 2.42. The number of sulfonamides is 1. The molecule has 0 aliphatic carbocycles. The van der Waals surface area contributed by atoms with Crippen molar-refractivity contribution in [1.82, 2.24) is 14.1 Å². The molecule has 2 fully saturated rings. The van der Waals surface area contributed by atoms with Gasteiger partial charge >= 0.3 is 0 Å². The molecule has 3 aliphatic rings. The number of rotatable bonds is 5. The zero-order valence-corrected chi connectivity index (χ0v) is 17.8. The van der Waals surface area contributed by atoms with Gasteiger partial charge < -0.3 is 9.32 Å². The first-order valence-corrected chi connectivity index (χ1v) is 11.9. The molecule has 1 aromatic heterocycles.